The molecule has 0 amide bonds. The second-order valence-electron chi connectivity index (χ2n) is 9.81. The van der Waals surface area contributed by atoms with Crippen LogP contribution in [0.2, 0.25) is 0 Å². The van der Waals surface area contributed by atoms with Crippen LogP contribution in [0.1, 0.15) is 87.0 Å². The molecule has 5 nitrogen and oxygen atoms in total. The summed E-state index contributed by atoms with van der Waals surface area (Å²) in [7, 11) is 0. The van der Waals surface area contributed by atoms with E-state index >= 15 is 0 Å². The summed E-state index contributed by atoms with van der Waals surface area (Å²) in [5, 5.41) is 0. The van der Waals surface area contributed by atoms with E-state index < -0.39 is 35.2 Å². The SMILES string of the molecule is C.C.CCC(C)(C)C(=O)OC12CC3CC(CC(OCCOC(=O)CC(F)(F)F)(C3)C1)C2. The van der Waals surface area contributed by atoms with Crippen molar-refractivity contribution >= 4 is 11.9 Å². The third-order valence-corrected chi connectivity index (χ3v) is 6.80. The summed E-state index contributed by atoms with van der Waals surface area (Å²) in [6, 6.07) is 0. The van der Waals surface area contributed by atoms with Crippen LogP contribution in [0.5, 0.6) is 0 Å². The standard InChI is InChI=1S/C21H31F3O5.2CH4/c1-4-18(2,3)17(26)29-20-10-14-7-15(11-20)9-19(8-14,13-20)28-6-5-27-16(25)12-21(22,23)24;;/h14-15H,4-13H2,1-3H3;2*1H4. The molecule has 0 aromatic carbocycles. The monoisotopic (exact) mass is 452 g/mol. The Morgan fingerprint density at radius 2 is 1.52 bits per heavy atom. The quantitative estimate of drug-likeness (QED) is 0.342. The highest BCUT2D eigenvalue weighted by Crippen LogP contribution is 2.60. The summed E-state index contributed by atoms with van der Waals surface area (Å²) in [5.41, 5.74) is -1.50. The number of ether oxygens (including phenoxy) is 3. The molecule has 4 fully saturated rings. The van der Waals surface area contributed by atoms with Crippen LogP contribution in [-0.2, 0) is 23.8 Å². The van der Waals surface area contributed by atoms with E-state index in [2.05, 4.69) is 4.74 Å². The Kier molecular flexibility index (Phi) is 8.65. The third kappa shape index (κ3) is 6.59. The van der Waals surface area contributed by atoms with Crippen molar-refractivity contribution in [3.63, 3.8) is 0 Å². The van der Waals surface area contributed by atoms with Gasteiger partial charge in [-0.2, -0.15) is 13.2 Å². The molecular formula is C23H39F3O5. The highest BCUT2D eigenvalue weighted by molar-refractivity contribution is 5.76. The molecule has 31 heavy (non-hydrogen) atoms. The minimum atomic E-state index is -4.57. The summed E-state index contributed by atoms with van der Waals surface area (Å²) in [5.74, 6) is -0.639. The Bertz CT molecular complexity index is 630. The number of hydrogen-bond acceptors (Lipinski definition) is 5. The first kappa shape index (κ1) is 27.7. The van der Waals surface area contributed by atoms with Crippen molar-refractivity contribution in [3.05, 3.63) is 0 Å². The zero-order valence-corrected chi connectivity index (χ0v) is 17.4. The predicted molar refractivity (Wildman–Crippen MR) is 111 cm³/mol. The lowest BCUT2D eigenvalue weighted by Crippen LogP contribution is -2.62. The smallest absolute Gasteiger partial charge is 0.399 e. The van der Waals surface area contributed by atoms with Crippen molar-refractivity contribution < 1.29 is 37.0 Å². The van der Waals surface area contributed by atoms with E-state index in [1.54, 1.807) is 0 Å². The normalized spacial score (nSPS) is 31.4. The van der Waals surface area contributed by atoms with Gasteiger partial charge in [0, 0.05) is 6.42 Å². The average Bonchev–Trinajstić information content (AvgIpc) is 2.55. The second kappa shape index (κ2) is 9.67. The van der Waals surface area contributed by atoms with Gasteiger partial charge in [0.2, 0.25) is 0 Å². The van der Waals surface area contributed by atoms with Gasteiger partial charge in [-0.1, -0.05) is 21.8 Å². The lowest BCUT2D eigenvalue weighted by Gasteiger charge is -2.61. The topological polar surface area (TPSA) is 61.8 Å². The molecule has 4 rings (SSSR count). The van der Waals surface area contributed by atoms with Gasteiger partial charge in [-0.25, -0.2) is 0 Å². The second-order valence-corrected chi connectivity index (χ2v) is 9.81. The molecule has 0 aliphatic heterocycles. The Balaban J connectivity index is 0.00000240. The molecular weight excluding hydrogens is 413 g/mol. The van der Waals surface area contributed by atoms with Gasteiger partial charge in [0.15, 0.2) is 0 Å². The van der Waals surface area contributed by atoms with Gasteiger partial charge < -0.3 is 14.2 Å². The lowest BCUT2D eigenvalue weighted by atomic mass is 9.52. The van der Waals surface area contributed by atoms with Crippen molar-refractivity contribution in [2.75, 3.05) is 13.2 Å². The molecule has 2 unspecified atom stereocenters. The van der Waals surface area contributed by atoms with Crippen LogP contribution in [0.3, 0.4) is 0 Å². The Morgan fingerprint density at radius 3 is 2.03 bits per heavy atom. The minimum Gasteiger partial charge on any atom is -0.463 e. The summed E-state index contributed by atoms with van der Waals surface area (Å²) in [4.78, 5) is 23.9. The van der Waals surface area contributed by atoms with Crippen molar-refractivity contribution in [2.24, 2.45) is 17.3 Å². The van der Waals surface area contributed by atoms with Gasteiger partial charge in [-0.05, 0) is 64.2 Å². The molecule has 2 atom stereocenters. The van der Waals surface area contributed by atoms with E-state index in [0.29, 0.717) is 24.7 Å². The van der Waals surface area contributed by atoms with Gasteiger partial charge in [0.1, 0.15) is 18.6 Å². The molecule has 0 aromatic rings. The summed E-state index contributed by atoms with van der Waals surface area (Å²) < 4.78 is 53.5. The molecule has 4 bridgehead atoms. The van der Waals surface area contributed by atoms with Crippen molar-refractivity contribution in [3.8, 4) is 0 Å². The van der Waals surface area contributed by atoms with Crippen LogP contribution in [-0.4, -0.2) is 42.5 Å². The summed E-state index contributed by atoms with van der Waals surface area (Å²) in [6.07, 6.45) is -0.347. The minimum absolute atomic E-state index is 0. The lowest BCUT2D eigenvalue weighted by molar-refractivity contribution is -0.240. The molecule has 0 N–H and O–H groups in total. The molecule has 8 heteroatoms. The maximum Gasteiger partial charge on any atom is 0.399 e. The van der Waals surface area contributed by atoms with Crippen molar-refractivity contribution in [1.82, 2.24) is 0 Å². The number of halogens is 3. The highest BCUT2D eigenvalue weighted by Gasteiger charge is 2.60. The van der Waals surface area contributed by atoms with Gasteiger partial charge in [-0.15, -0.1) is 0 Å². The van der Waals surface area contributed by atoms with Crippen LogP contribution in [0, 0.1) is 17.3 Å². The van der Waals surface area contributed by atoms with E-state index in [9.17, 15) is 22.8 Å². The third-order valence-electron chi connectivity index (χ3n) is 6.80. The number of carbonyl (C=O) groups excluding carboxylic acids is 2. The number of alkyl halides is 3. The first-order chi connectivity index (χ1) is 13.4. The van der Waals surface area contributed by atoms with Crippen LogP contribution in [0.4, 0.5) is 13.2 Å². The fourth-order valence-corrected chi connectivity index (χ4v) is 5.49. The average molecular weight is 453 g/mol. The molecule has 0 saturated heterocycles. The number of esters is 2. The Morgan fingerprint density at radius 1 is 0.968 bits per heavy atom. The van der Waals surface area contributed by atoms with E-state index in [1.165, 1.54) is 0 Å². The zero-order chi connectivity index (χ0) is 21.5. The van der Waals surface area contributed by atoms with E-state index in [4.69, 9.17) is 9.47 Å². The number of rotatable bonds is 8. The summed E-state index contributed by atoms with van der Waals surface area (Å²) in [6.45, 7) is 5.58. The van der Waals surface area contributed by atoms with Crippen LogP contribution < -0.4 is 0 Å². The first-order valence-corrected chi connectivity index (χ1v) is 10.5. The van der Waals surface area contributed by atoms with E-state index in [-0.39, 0.29) is 34.0 Å². The molecule has 0 radical (unpaired) electrons. The van der Waals surface area contributed by atoms with Crippen LogP contribution >= 0.6 is 0 Å². The summed E-state index contributed by atoms with van der Waals surface area (Å²) >= 11 is 0. The van der Waals surface area contributed by atoms with Crippen molar-refractivity contribution in [1.29, 1.82) is 0 Å². The fourth-order valence-electron chi connectivity index (χ4n) is 5.49. The van der Waals surface area contributed by atoms with Crippen molar-refractivity contribution in [2.45, 2.75) is 104 Å². The molecule has 4 aliphatic rings. The maximum absolute atomic E-state index is 12.7. The zero-order valence-electron chi connectivity index (χ0n) is 17.4. The fraction of sp³-hybridized carbons (Fsp3) is 0.913. The van der Waals surface area contributed by atoms with Gasteiger partial charge in [-0.3, -0.25) is 9.59 Å². The first-order valence-electron chi connectivity index (χ1n) is 10.5. The van der Waals surface area contributed by atoms with E-state index in [0.717, 1.165) is 32.1 Å². The molecule has 0 heterocycles. The molecule has 182 valence electrons. The largest absolute Gasteiger partial charge is 0.463 e. The van der Waals surface area contributed by atoms with Gasteiger partial charge in [0.05, 0.1) is 17.6 Å². The highest BCUT2D eigenvalue weighted by atomic mass is 19.4. The van der Waals surface area contributed by atoms with Gasteiger partial charge in [0.25, 0.3) is 0 Å². The van der Waals surface area contributed by atoms with Crippen LogP contribution in [0.25, 0.3) is 0 Å². The molecule has 4 aliphatic carbocycles. The van der Waals surface area contributed by atoms with Gasteiger partial charge >= 0.3 is 18.1 Å². The van der Waals surface area contributed by atoms with Crippen LogP contribution in [0.15, 0.2) is 0 Å². The number of hydrogen-bond donors (Lipinski definition) is 0. The maximum atomic E-state index is 12.7. The molecule has 0 aromatic heterocycles. The van der Waals surface area contributed by atoms with E-state index in [1.807, 2.05) is 20.8 Å². The Labute approximate surface area is 184 Å². The molecule has 4 saturated carbocycles. The predicted octanol–water partition coefficient (Wildman–Crippen LogP) is 5.84. The number of carbonyl (C=O) groups is 2. The molecule has 0 spiro atoms. The Hall–Kier alpha value is -1.31.